The van der Waals surface area contributed by atoms with Crippen LogP contribution in [0.2, 0.25) is 0 Å². The molecule has 1 atom stereocenters. The fraction of sp³-hybridized carbons (Fsp3) is 0.471. The molecule has 2 heterocycles. The Bertz CT molecular complexity index is 590. The summed E-state index contributed by atoms with van der Waals surface area (Å²) in [6.45, 7) is 2.22. The zero-order valence-electron chi connectivity index (χ0n) is 12.7. The van der Waals surface area contributed by atoms with Gasteiger partial charge in [-0.3, -0.25) is 4.68 Å². The average Bonchev–Trinajstić information content (AvgIpc) is 2.95. The molecule has 0 bridgehead atoms. The summed E-state index contributed by atoms with van der Waals surface area (Å²) in [6.07, 6.45) is 9.25. The molecular weight excluding hydrogens is 260 g/mol. The first-order valence-electron chi connectivity index (χ1n) is 7.81. The van der Waals surface area contributed by atoms with Crippen molar-refractivity contribution in [1.29, 1.82) is 0 Å². The molecule has 0 spiro atoms. The molecule has 4 heteroatoms. The molecular formula is C17H24N4. The molecule has 4 nitrogen and oxygen atoms in total. The summed E-state index contributed by atoms with van der Waals surface area (Å²) in [4.78, 5) is 2.49. The smallest absolute Gasteiger partial charge is 0.0568 e. The molecule has 2 aromatic rings. The molecule has 1 aliphatic heterocycles. The topological polar surface area (TPSA) is 47.1 Å². The summed E-state index contributed by atoms with van der Waals surface area (Å²) in [5.41, 5.74) is 8.91. The van der Waals surface area contributed by atoms with Crippen LogP contribution in [0.1, 0.15) is 25.7 Å². The third-order valence-electron chi connectivity index (χ3n) is 4.47. The van der Waals surface area contributed by atoms with Crippen molar-refractivity contribution in [2.45, 2.75) is 38.3 Å². The van der Waals surface area contributed by atoms with Gasteiger partial charge in [-0.2, -0.15) is 5.10 Å². The van der Waals surface area contributed by atoms with Gasteiger partial charge in [-0.15, -0.1) is 0 Å². The van der Waals surface area contributed by atoms with Crippen LogP contribution in [0.15, 0.2) is 36.7 Å². The molecule has 0 saturated carbocycles. The Kier molecular flexibility index (Phi) is 4.25. The Labute approximate surface area is 126 Å². The van der Waals surface area contributed by atoms with Crippen LogP contribution in [0, 0.1) is 0 Å². The number of nitrogens with zero attached hydrogens (tertiary/aromatic N) is 3. The minimum absolute atomic E-state index is 0.707. The van der Waals surface area contributed by atoms with Gasteiger partial charge in [0, 0.05) is 30.0 Å². The van der Waals surface area contributed by atoms with Crippen LogP contribution in [0.4, 0.5) is 5.69 Å². The number of piperidine rings is 1. The van der Waals surface area contributed by atoms with E-state index in [-0.39, 0.29) is 0 Å². The van der Waals surface area contributed by atoms with Crippen LogP contribution in [0.5, 0.6) is 0 Å². The number of hydrogen-bond donors (Lipinski definition) is 1. The largest absolute Gasteiger partial charge is 0.399 e. The SMILES string of the molecule is CN1CCCCC1CCn1cc(-c2cccc(N)c2)cn1. The quantitative estimate of drug-likeness (QED) is 0.878. The lowest BCUT2D eigenvalue weighted by atomic mass is 10.0. The minimum atomic E-state index is 0.707. The number of benzene rings is 1. The van der Waals surface area contributed by atoms with Crippen molar-refractivity contribution in [1.82, 2.24) is 14.7 Å². The molecule has 0 aliphatic carbocycles. The Morgan fingerprint density at radius 2 is 2.19 bits per heavy atom. The standard InChI is InChI=1S/C17H24N4/c1-20-9-3-2-7-17(20)8-10-21-13-15(12-19-21)14-5-4-6-16(18)11-14/h4-6,11-13,17H,2-3,7-10,18H2,1H3. The number of nitrogen functional groups attached to an aromatic ring is 1. The van der Waals surface area contributed by atoms with Crippen LogP contribution in [0.25, 0.3) is 11.1 Å². The highest BCUT2D eigenvalue weighted by Gasteiger charge is 2.18. The molecule has 21 heavy (non-hydrogen) atoms. The average molecular weight is 284 g/mol. The second-order valence-electron chi connectivity index (χ2n) is 6.04. The number of rotatable bonds is 4. The van der Waals surface area contributed by atoms with E-state index < -0.39 is 0 Å². The van der Waals surface area contributed by atoms with E-state index >= 15 is 0 Å². The van der Waals surface area contributed by atoms with Crippen LogP contribution >= 0.6 is 0 Å². The van der Waals surface area contributed by atoms with Crippen molar-refractivity contribution in [3.63, 3.8) is 0 Å². The minimum Gasteiger partial charge on any atom is -0.399 e. The summed E-state index contributed by atoms with van der Waals surface area (Å²) >= 11 is 0. The van der Waals surface area contributed by atoms with Crippen molar-refractivity contribution < 1.29 is 0 Å². The van der Waals surface area contributed by atoms with Gasteiger partial charge in [0.15, 0.2) is 0 Å². The van der Waals surface area contributed by atoms with Gasteiger partial charge in [-0.05, 0) is 50.6 Å². The lowest BCUT2D eigenvalue weighted by Crippen LogP contribution is -2.36. The number of hydrogen-bond acceptors (Lipinski definition) is 3. The lowest BCUT2D eigenvalue weighted by molar-refractivity contribution is 0.169. The van der Waals surface area contributed by atoms with Gasteiger partial charge in [0.2, 0.25) is 0 Å². The second-order valence-corrected chi connectivity index (χ2v) is 6.04. The third kappa shape index (κ3) is 3.45. The maximum atomic E-state index is 5.84. The van der Waals surface area contributed by atoms with Gasteiger partial charge < -0.3 is 10.6 Å². The number of aryl methyl sites for hydroxylation is 1. The fourth-order valence-corrected chi connectivity index (χ4v) is 3.14. The van der Waals surface area contributed by atoms with Crippen molar-refractivity contribution in [2.24, 2.45) is 0 Å². The summed E-state index contributed by atoms with van der Waals surface area (Å²) in [5, 5.41) is 4.49. The third-order valence-corrected chi connectivity index (χ3v) is 4.47. The van der Waals surface area contributed by atoms with E-state index in [4.69, 9.17) is 5.73 Å². The van der Waals surface area contributed by atoms with Gasteiger partial charge in [0.1, 0.15) is 0 Å². The lowest BCUT2D eigenvalue weighted by Gasteiger charge is -2.32. The van der Waals surface area contributed by atoms with E-state index in [9.17, 15) is 0 Å². The van der Waals surface area contributed by atoms with E-state index in [2.05, 4.69) is 34.0 Å². The van der Waals surface area contributed by atoms with Gasteiger partial charge in [-0.1, -0.05) is 18.6 Å². The van der Waals surface area contributed by atoms with Crippen molar-refractivity contribution in [3.05, 3.63) is 36.7 Å². The zero-order chi connectivity index (χ0) is 14.7. The van der Waals surface area contributed by atoms with Crippen LogP contribution in [-0.2, 0) is 6.54 Å². The maximum Gasteiger partial charge on any atom is 0.0568 e. The molecule has 112 valence electrons. The van der Waals surface area contributed by atoms with Crippen LogP contribution in [0.3, 0.4) is 0 Å². The number of likely N-dealkylation sites (tertiary alicyclic amines) is 1. The molecule has 1 unspecified atom stereocenters. The summed E-state index contributed by atoms with van der Waals surface area (Å²) in [6, 6.07) is 8.67. The van der Waals surface area contributed by atoms with E-state index in [1.807, 2.05) is 24.4 Å². The predicted octanol–water partition coefficient (Wildman–Crippen LogP) is 3.01. The molecule has 1 aromatic carbocycles. The maximum absolute atomic E-state index is 5.84. The highest BCUT2D eigenvalue weighted by Crippen LogP contribution is 2.22. The number of aromatic nitrogens is 2. The number of nitrogens with two attached hydrogens (primary N) is 1. The zero-order valence-corrected chi connectivity index (χ0v) is 12.7. The molecule has 1 fully saturated rings. The Morgan fingerprint density at radius 3 is 3.00 bits per heavy atom. The Balaban J connectivity index is 1.62. The summed E-state index contributed by atoms with van der Waals surface area (Å²) in [5.74, 6) is 0. The first kappa shape index (κ1) is 14.1. The first-order valence-corrected chi connectivity index (χ1v) is 7.81. The fourth-order valence-electron chi connectivity index (χ4n) is 3.14. The van der Waals surface area contributed by atoms with Gasteiger partial charge in [0.05, 0.1) is 6.20 Å². The van der Waals surface area contributed by atoms with E-state index in [0.717, 1.165) is 23.4 Å². The predicted molar refractivity (Wildman–Crippen MR) is 87.0 cm³/mol. The number of anilines is 1. The monoisotopic (exact) mass is 284 g/mol. The molecule has 1 aromatic heterocycles. The molecule has 1 aliphatic rings. The molecule has 0 amide bonds. The van der Waals surface area contributed by atoms with Crippen LogP contribution in [-0.4, -0.2) is 34.3 Å². The van der Waals surface area contributed by atoms with Crippen molar-refractivity contribution in [3.8, 4) is 11.1 Å². The van der Waals surface area contributed by atoms with E-state index in [0.29, 0.717) is 6.04 Å². The molecule has 3 rings (SSSR count). The Morgan fingerprint density at radius 1 is 1.29 bits per heavy atom. The van der Waals surface area contributed by atoms with Gasteiger partial charge >= 0.3 is 0 Å². The van der Waals surface area contributed by atoms with E-state index in [1.165, 1.54) is 32.2 Å². The molecule has 0 radical (unpaired) electrons. The highest BCUT2D eigenvalue weighted by molar-refractivity contribution is 5.65. The van der Waals surface area contributed by atoms with Crippen molar-refractivity contribution >= 4 is 5.69 Å². The summed E-state index contributed by atoms with van der Waals surface area (Å²) in [7, 11) is 2.24. The highest BCUT2D eigenvalue weighted by atomic mass is 15.3. The van der Waals surface area contributed by atoms with E-state index in [1.54, 1.807) is 0 Å². The second kappa shape index (κ2) is 6.31. The van der Waals surface area contributed by atoms with Crippen molar-refractivity contribution in [2.75, 3.05) is 19.3 Å². The van der Waals surface area contributed by atoms with Gasteiger partial charge in [0.25, 0.3) is 0 Å². The normalized spacial score (nSPS) is 19.8. The van der Waals surface area contributed by atoms with Gasteiger partial charge in [-0.25, -0.2) is 0 Å². The Hall–Kier alpha value is -1.81. The molecule has 1 saturated heterocycles. The first-order chi connectivity index (χ1) is 10.2. The van der Waals surface area contributed by atoms with Crippen LogP contribution < -0.4 is 5.73 Å². The summed E-state index contributed by atoms with van der Waals surface area (Å²) < 4.78 is 2.06. The molecule has 2 N–H and O–H groups in total.